The third-order valence-electron chi connectivity index (χ3n) is 5.32. The fourth-order valence-electron chi connectivity index (χ4n) is 3.86. The minimum absolute atomic E-state index is 0.00213. The SMILES string of the molecule is COc1ccc(N2CCC(NC(=O)CC3(O)CCCC3)CC2)cc1. The molecule has 24 heavy (non-hydrogen) atoms. The van der Waals surface area contributed by atoms with Crippen LogP contribution in [0.2, 0.25) is 0 Å². The number of carbonyl (C=O) groups excluding carboxylic acids is 1. The summed E-state index contributed by atoms with van der Waals surface area (Å²) in [5.41, 5.74) is 0.439. The van der Waals surface area contributed by atoms with Crippen molar-refractivity contribution in [1.82, 2.24) is 5.32 Å². The number of aliphatic hydroxyl groups is 1. The van der Waals surface area contributed by atoms with E-state index in [4.69, 9.17) is 4.74 Å². The summed E-state index contributed by atoms with van der Waals surface area (Å²) in [6.07, 6.45) is 5.72. The quantitative estimate of drug-likeness (QED) is 0.869. The molecule has 3 rings (SSSR count). The van der Waals surface area contributed by atoms with E-state index in [1.54, 1.807) is 7.11 Å². The first kappa shape index (κ1) is 17.1. The van der Waals surface area contributed by atoms with Crippen LogP contribution in [0, 0.1) is 0 Å². The Morgan fingerprint density at radius 1 is 1.25 bits per heavy atom. The molecule has 1 aromatic carbocycles. The fourth-order valence-corrected chi connectivity index (χ4v) is 3.86. The summed E-state index contributed by atoms with van der Waals surface area (Å²) >= 11 is 0. The number of anilines is 1. The smallest absolute Gasteiger partial charge is 0.223 e. The average Bonchev–Trinajstić information content (AvgIpc) is 3.01. The van der Waals surface area contributed by atoms with E-state index in [0.717, 1.165) is 57.4 Å². The molecule has 2 N–H and O–H groups in total. The minimum Gasteiger partial charge on any atom is -0.497 e. The van der Waals surface area contributed by atoms with Crippen molar-refractivity contribution >= 4 is 11.6 Å². The van der Waals surface area contributed by atoms with Crippen LogP contribution >= 0.6 is 0 Å². The Kier molecular flexibility index (Phi) is 5.29. The maximum absolute atomic E-state index is 12.2. The second-order valence-corrected chi connectivity index (χ2v) is 7.14. The normalized spacial score (nSPS) is 20.8. The molecule has 0 atom stereocenters. The topological polar surface area (TPSA) is 61.8 Å². The average molecular weight is 332 g/mol. The van der Waals surface area contributed by atoms with Gasteiger partial charge in [0.2, 0.25) is 5.91 Å². The van der Waals surface area contributed by atoms with E-state index in [-0.39, 0.29) is 18.4 Å². The number of hydrogen-bond donors (Lipinski definition) is 2. The Hall–Kier alpha value is -1.75. The third-order valence-corrected chi connectivity index (χ3v) is 5.32. The van der Waals surface area contributed by atoms with Crippen LogP contribution in [0.1, 0.15) is 44.9 Å². The number of nitrogens with one attached hydrogen (secondary N) is 1. The molecule has 0 aromatic heterocycles. The summed E-state index contributed by atoms with van der Waals surface area (Å²) in [6, 6.07) is 8.33. The predicted molar refractivity (Wildman–Crippen MR) is 94.4 cm³/mol. The lowest BCUT2D eigenvalue weighted by Gasteiger charge is -2.34. The standard InChI is InChI=1S/C19H28N2O3/c1-24-17-6-4-16(5-7-17)21-12-8-15(9-13-21)20-18(22)14-19(23)10-2-3-11-19/h4-7,15,23H,2-3,8-14H2,1H3,(H,20,22). The van der Waals surface area contributed by atoms with Crippen LogP contribution < -0.4 is 15.0 Å². The van der Waals surface area contributed by atoms with Crippen LogP contribution in [-0.4, -0.2) is 42.9 Å². The molecule has 5 nitrogen and oxygen atoms in total. The molecule has 1 saturated heterocycles. The molecule has 1 aromatic rings. The molecule has 2 fully saturated rings. The maximum atomic E-state index is 12.2. The van der Waals surface area contributed by atoms with Gasteiger partial charge < -0.3 is 20.1 Å². The van der Waals surface area contributed by atoms with Crippen molar-refractivity contribution < 1.29 is 14.6 Å². The van der Waals surface area contributed by atoms with Crippen LogP contribution in [0.3, 0.4) is 0 Å². The zero-order valence-electron chi connectivity index (χ0n) is 14.5. The van der Waals surface area contributed by atoms with Crippen molar-refractivity contribution in [1.29, 1.82) is 0 Å². The largest absolute Gasteiger partial charge is 0.497 e. The summed E-state index contributed by atoms with van der Waals surface area (Å²) in [5.74, 6) is 0.869. The third kappa shape index (κ3) is 4.20. The van der Waals surface area contributed by atoms with Crippen molar-refractivity contribution in [3.63, 3.8) is 0 Å². The highest BCUT2D eigenvalue weighted by atomic mass is 16.5. The van der Waals surface area contributed by atoms with E-state index < -0.39 is 5.60 Å². The summed E-state index contributed by atoms with van der Waals surface area (Å²) in [4.78, 5) is 14.5. The monoisotopic (exact) mass is 332 g/mol. The van der Waals surface area contributed by atoms with Gasteiger partial charge >= 0.3 is 0 Å². The molecule has 0 spiro atoms. The van der Waals surface area contributed by atoms with Gasteiger partial charge in [-0.15, -0.1) is 0 Å². The fraction of sp³-hybridized carbons (Fsp3) is 0.632. The Morgan fingerprint density at radius 3 is 2.46 bits per heavy atom. The number of piperidine rings is 1. The lowest BCUT2D eigenvalue weighted by Crippen LogP contribution is -2.46. The number of nitrogens with zero attached hydrogens (tertiary/aromatic N) is 1. The Labute approximate surface area is 144 Å². The van der Waals surface area contributed by atoms with Gasteiger partial charge in [-0.2, -0.15) is 0 Å². The molecule has 1 heterocycles. The van der Waals surface area contributed by atoms with Gasteiger partial charge in [0.25, 0.3) is 0 Å². The first-order valence-corrected chi connectivity index (χ1v) is 8.99. The number of carbonyl (C=O) groups is 1. The van der Waals surface area contributed by atoms with E-state index in [2.05, 4.69) is 22.3 Å². The van der Waals surface area contributed by atoms with Crippen LogP contribution in [-0.2, 0) is 4.79 Å². The van der Waals surface area contributed by atoms with Crippen molar-refractivity contribution in [2.45, 2.75) is 56.6 Å². The van der Waals surface area contributed by atoms with Crippen LogP contribution in [0.25, 0.3) is 0 Å². The number of ether oxygens (including phenoxy) is 1. The summed E-state index contributed by atoms with van der Waals surface area (Å²) in [5, 5.41) is 13.5. The number of methoxy groups -OCH3 is 1. The maximum Gasteiger partial charge on any atom is 0.223 e. The first-order valence-electron chi connectivity index (χ1n) is 8.99. The van der Waals surface area contributed by atoms with E-state index in [9.17, 15) is 9.90 Å². The van der Waals surface area contributed by atoms with Gasteiger partial charge in [-0.3, -0.25) is 4.79 Å². The summed E-state index contributed by atoms with van der Waals surface area (Å²) < 4.78 is 5.19. The zero-order chi connectivity index (χ0) is 17.0. The number of rotatable bonds is 5. The lowest BCUT2D eigenvalue weighted by molar-refractivity contribution is -0.126. The Balaban J connectivity index is 1.45. The molecule has 1 saturated carbocycles. The zero-order valence-corrected chi connectivity index (χ0v) is 14.5. The van der Waals surface area contributed by atoms with E-state index >= 15 is 0 Å². The molecule has 0 unspecified atom stereocenters. The first-order chi connectivity index (χ1) is 11.6. The van der Waals surface area contributed by atoms with Crippen molar-refractivity contribution in [3.8, 4) is 5.75 Å². The number of amides is 1. The summed E-state index contributed by atoms with van der Waals surface area (Å²) in [7, 11) is 1.67. The van der Waals surface area contributed by atoms with Gasteiger partial charge in [-0.1, -0.05) is 12.8 Å². The van der Waals surface area contributed by atoms with Gasteiger partial charge in [0.15, 0.2) is 0 Å². The Bertz CT molecular complexity index is 544. The molecule has 1 aliphatic carbocycles. The van der Waals surface area contributed by atoms with E-state index in [0.29, 0.717) is 0 Å². The van der Waals surface area contributed by atoms with E-state index in [1.165, 1.54) is 5.69 Å². The van der Waals surface area contributed by atoms with Crippen LogP contribution in [0.5, 0.6) is 5.75 Å². The van der Waals surface area contributed by atoms with Gasteiger partial charge in [-0.25, -0.2) is 0 Å². The highest BCUT2D eigenvalue weighted by molar-refractivity contribution is 5.77. The predicted octanol–water partition coefficient (Wildman–Crippen LogP) is 2.48. The summed E-state index contributed by atoms with van der Waals surface area (Å²) in [6.45, 7) is 1.86. The molecular formula is C19H28N2O3. The molecule has 0 radical (unpaired) electrons. The second-order valence-electron chi connectivity index (χ2n) is 7.14. The van der Waals surface area contributed by atoms with Crippen molar-refractivity contribution in [3.05, 3.63) is 24.3 Å². The van der Waals surface area contributed by atoms with Crippen molar-refractivity contribution in [2.75, 3.05) is 25.1 Å². The lowest BCUT2D eigenvalue weighted by atomic mass is 9.96. The van der Waals surface area contributed by atoms with Gasteiger partial charge in [-0.05, 0) is 49.9 Å². The number of hydrogen-bond acceptors (Lipinski definition) is 4. The molecule has 2 aliphatic rings. The Morgan fingerprint density at radius 2 is 1.88 bits per heavy atom. The molecule has 5 heteroatoms. The molecule has 132 valence electrons. The van der Waals surface area contributed by atoms with Gasteiger partial charge in [0.1, 0.15) is 5.75 Å². The van der Waals surface area contributed by atoms with Crippen LogP contribution in [0.4, 0.5) is 5.69 Å². The van der Waals surface area contributed by atoms with E-state index in [1.807, 2.05) is 12.1 Å². The van der Waals surface area contributed by atoms with Gasteiger partial charge in [0.05, 0.1) is 19.1 Å². The molecule has 0 bridgehead atoms. The highest BCUT2D eigenvalue weighted by Crippen LogP contribution is 2.32. The second kappa shape index (κ2) is 7.43. The molecular weight excluding hydrogens is 304 g/mol. The van der Waals surface area contributed by atoms with Gasteiger partial charge in [0, 0.05) is 24.8 Å². The van der Waals surface area contributed by atoms with Crippen molar-refractivity contribution in [2.24, 2.45) is 0 Å². The molecule has 1 aliphatic heterocycles. The van der Waals surface area contributed by atoms with Crippen LogP contribution in [0.15, 0.2) is 24.3 Å². The molecule has 1 amide bonds. The number of benzene rings is 1. The minimum atomic E-state index is -0.756. The highest BCUT2D eigenvalue weighted by Gasteiger charge is 2.34.